The third kappa shape index (κ3) is 5.57. The van der Waals surface area contributed by atoms with Crippen molar-refractivity contribution in [3.63, 3.8) is 0 Å². The van der Waals surface area contributed by atoms with E-state index in [0.717, 1.165) is 16.6 Å². The van der Waals surface area contributed by atoms with Crippen LogP contribution in [0.25, 0.3) is 11.0 Å². The van der Waals surface area contributed by atoms with Gasteiger partial charge in [0.2, 0.25) is 0 Å². The van der Waals surface area contributed by atoms with E-state index in [2.05, 4.69) is 15.5 Å². The zero-order valence-electron chi connectivity index (χ0n) is 17.2. The Bertz CT molecular complexity index is 1340. The predicted molar refractivity (Wildman–Crippen MR) is 130 cm³/mol. The molecule has 0 saturated heterocycles. The molecule has 0 saturated carbocycles. The maximum absolute atomic E-state index is 12.3. The summed E-state index contributed by atoms with van der Waals surface area (Å²) in [6.45, 7) is 0.530. The quantitative estimate of drug-likeness (QED) is 0.168. The van der Waals surface area contributed by atoms with E-state index in [0.29, 0.717) is 22.3 Å². The summed E-state index contributed by atoms with van der Waals surface area (Å²) in [4.78, 5) is 27.2. The van der Waals surface area contributed by atoms with Crippen molar-refractivity contribution < 1.29 is 9.72 Å². The molecule has 1 aromatic heterocycles. The van der Waals surface area contributed by atoms with Gasteiger partial charge in [0.25, 0.3) is 11.6 Å². The third-order valence-electron chi connectivity index (χ3n) is 4.74. The number of halogens is 1. The minimum atomic E-state index is -0.473. The Hall–Kier alpha value is -3.69. The number of hydrogen-bond acceptors (Lipinski definition) is 6. The van der Waals surface area contributed by atoms with Crippen LogP contribution in [0.1, 0.15) is 11.1 Å². The van der Waals surface area contributed by atoms with Gasteiger partial charge in [0.1, 0.15) is 0 Å². The van der Waals surface area contributed by atoms with Crippen LogP contribution in [0.3, 0.4) is 0 Å². The Balaban J connectivity index is 1.43. The zero-order chi connectivity index (χ0) is 23.2. The van der Waals surface area contributed by atoms with Gasteiger partial charge >= 0.3 is 0 Å². The van der Waals surface area contributed by atoms with Gasteiger partial charge in [-0.3, -0.25) is 14.9 Å². The van der Waals surface area contributed by atoms with E-state index in [1.54, 1.807) is 12.1 Å². The van der Waals surface area contributed by atoms with E-state index >= 15 is 0 Å². The summed E-state index contributed by atoms with van der Waals surface area (Å²) in [5.41, 5.74) is 5.85. The van der Waals surface area contributed by atoms with E-state index in [4.69, 9.17) is 11.6 Å². The first kappa shape index (κ1) is 22.5. The molecule has 8 nitrogen and oxygen atoms in total. The lowest BCUT2D eigenvalue weighted by Crippen LogP contribution is -2.20. The van der Waals surface area contributed by atoms with Crippen LogP contribution < -0.4 is 5.43 Å². The Kier molecular flexibility index (Phi) is 7.01. The molecule has 0 radical (unpaired) electrons. The molecule has 1 heterocycles. The molecule has 0 aliphatic carbocycles. The number of nitro groups is 1. The molecular formula is C23H18ClN5O3S. The summed E-state index contributed by atoms with van der Waals surface area (Å²) >= 11 is 7.66. The molecule has 1 amide bonds. The van der Waals surface area contributed by atoms with Gasteiger partial charge in [0, 0.05) is 17.2 Å². The van der Waals surface area contributed by atoms with E-state index < -0.39 is 4.92 Å². The Labute approximate surface area is 198 Å². The largest absolute Gasteiger partial charge is 0.314 e. The van der Waals surface area contributed by atoms with Gasteiger partial charge < -0.3 is 4.57 Å². The number of aromatic nitrogens is 2. The van der Waals surface area contributed by atoms with Crippen molar-refractivity contribution in [2.24, 2.45) is 5.10 Å². The Morgan fingerprint density at radius 1 is 1.12 bits per heavy atom. The number of thioether (sulfide) groups is 1. The highest BCUT2D eigenvalue weighted by Crippen LogP contribution is 2.27. The van der Waals surface area contributed by atoms with Crippen molar-refractivity contribution in [1.82, 2.24) is 15.0 Å². The van der Waals surface area contributed by atoms with Crippen LogP contribution >= 0.6 is 23.4 Å². The van der Waals surface area contributed by atoms with Crippen molar-refractivity contribution in [2.45, 2.75) is 11.7 Å². The summed E-state index contributed by atoms with van der Waals surface area (Å²) in [5, 5.41) is 16.0. The summed E-state index contributed by atoms with van der Waals surface area (Å²) < 4.78 is 2.04. The predicted octanol–water partition coefficient (Wildman–Crippen LogP) is 4.89. The van der Waals surface area contributed by atoms with Crippen LogP contribution in [0.15, 0.2) is 83.1 Å². The zero-order valence-corrected chi connectivity index (χ0v) is 18.8. The molecule has 1 N–H and O–H groups in total. The maximum atomic E-state index is 12.3. The molecule has 0 fully saturated rings. The van der Waals surface area contributed by atoms with Gasteiger partial charge in [0.05, 0.1) is 34.5 Å². The molecule has 33 heavy (non-hydrogen) atoms. The van der Waals surface area contributed by atoms with Crippen LogP contribution in [0.2, 0.25) is 5.02 Å². The monoisotopic (exact) mass is 479 g/mol. The summed E-state index contributed by atoms with van der Waals surface area (Å²) in [7, 11) is 0. The minimum absolute atomic E-state index is 0.00716. The standard InChI is InChI=1S/C23H18ClN5O3S/c24-19-6-2-1-5-17(19)14-28-21-8-4-3-7-20(21)26-23(28)33-15-22(30)27-25-13-16-9-11-18(12-10-16)29(31)32/h1-13H,14-15H2,(H,27,30). The number of nitrogens with zero attached hydrogens (tertiary/aromatic N) is 4. The summed E-state index contributed by atoms with van der Waals surface area (Å²) in [5.74, 6) is -0.182. The number of amides is 1. The molecule has 10 heteroatoms. The maximum Gasteiger partial charge on any atom is 0.269 e. The number of hydrazone groups is 1. The molecule has 0 aliphatic rings. The van der Waals surface area contributed by atoms with Crippen molar-refractivity contribution in [3.8, 4) is 0 Å². The number of nitrogens with one attached hydrogen (secondary N) is 1. The van der Waals surface area contributed by atoms with E-state index in [1.165, 1.54) is 30.1 Å². The molecule has 0 bridgehead atoms. The average Bonchev–Trinajstić information content (AvgIpc) is 3.17. The van der Waals surface area contributed by atoms with Gasteiger partial charge in [-0.25, -0.2) is 10.4 Å². The second-order valence-electron chi connectivity index (χ2n) is 6.99. The lowest BCUT2D eigenvalue weighted by atomic mass is 10.2. The molecular weight excluding hydrogens is 462 g/mol. The number of rotatable bonds is 8. The van der Waals surface area contributed by atoms with Crippen LogP contribution in [-0.4, -0.2) is 32.3 Å². The number of imidazole rings is 1. The fourth-order valence-corrected chi connectivity index (χ4v) is 4.14. The number of non-ortho nitro benzene ring substituents is 1. The smallest absolute Gasteiger partial charge is 0.269 e. The summed E-state index contributed by atoms with van der Waals surface area (Å²) in [6.07, 6.45) is 1.43. The van der Waals surface area contributed by atoms with Crippen LogP contribution in [0.4, 0.5) is 5.69 Å². The minimum Gasteiger partial charge on any atom is -0.314 e. The third-order valence-corrected chi connectivity index (χ3v) is 6.09. The van der Waals surface area contributed by atoms with Crippen LogP contribution in [0.5, 0.6) is 0 Å². The fraction of sp³-hybridized carbons (Fsp3) is 0.0870. The van der Waals surface area contributed by atoms with E-state index in [-0.39, 0.29) is 17.3 Å². The van der Waals surface area contributed by atoms with Gasteiger partial charge in [-0.2, -0.15) is 5.10 Å². The number of fused-ring (bicyclic) bond motifs is 1. The molecule has 0 unspecified atom stereocenters. The second kappa shape index (κ2) is 10.3. The number of para-hydroxylation sites is 2. The van der Waals surface area contributed by atoms with Gasteiger partial charge in [-0.15, -0.1) is 0 Å². The highest BCUT2D eigenvalue weighted by Gasteiger charge is 2.14. The van der Waals surface area contributed by atoms with Crippen LogP contribution in [0, 0.1) is 10.1 Å². The second-order valence-corrected chi connectivity index (χ2v) is 8.34. The average molecular weight is 480 g/mol. The lowest BCUT2D eigenvalue weighted by Gasteiger charge is -2.10. The summed E-state index contributed by atoms with van der Waals surface area (Å²) in [6, 6.07) is 21.3. The first-order valence-electron chi connectivity index (χ1n) is 9.89. The van der Waals surface area contributed by atoms with Crippen LogP contribution in [-0.2, 0) is 11.3 Å². The van der Waals surface area contributed by atoms with Crippen molar-refractivity contribution >= 4 is 52.2 Å². The number of carbonyl (C=O) groups is 1. The molecule has 4 rings (SSSR count). The molecule has 166 valence electrons. The normalized spacial score (nSPS) is 11.2. The highest BCUT2D eigenvalue weighted by molar-refractivity contribution is 7.99. The fourth-order valence-electron chi connectivity index (χ4n) is 3.14. The first-order valence-corrected chi connectivity index (χ1v) is 11.3. The number of hydrogen-bond donors (Lipinski definition) is 1. The van der Waals surface area contributed by atoms with E-state index in [1.807, 2.05) is 53.1 Å². The Morgan fingerprint density at radius 2 is 1.85 bits per heavy atom. The first-order chi connectivity index (χ1) is 16.0. The van der Waals surface area contributed by atoms with Gasteiger partial charge in [-0.05, 0) is 41.5 Å². The molecule has 0 atom stereocenters. The highest BCUT2D eigenvalue weighted by atomic mass is 35.5. The molecule has 4 aromatic rings. The number of carbonyl (C=O) groups excluding carboxylic acids is 1. The molecule has 0 aliphatic heterocycles. The van der Waals surface area contributed by atoms with Gasteiger partial charge in [-0.1, -0.05) is 53.7 Å². The van der Waals surface area contributed by atoms with Crippen molar-refractivity contribution in [1.29, 1.82) is 0 Å². The molecule has 0 spiro atoms. The number of benzene rings is 3. The van der Waals surface area contributed by atoms with Crippen molar-refractivity contribution in [3.05, 3.63) is 99.1 Å². The Morgan fingerprint density at radius 3 is 2.61 bits per heavy atom. The van der Waals surface area contributed by atoms with Gasteiger partial charge in [0.15, 0.2) is 5.16 Å². The number of nitro benzene ring substituents is 1. The SMILES string of the molecule is O=C(CSc1nc2ccccc2n1Cc1ccccc1Cl)NN=Cc1ccc([N+](=O)[O-])cc1. The van der Waals surface area contributed by atoms with Crippen molar-refractivity contribution in [2.75, 3.05) is 5.75 Å². The van der Waals surface area contributed by atoms with E-state index in [9.17, 15) is 14.9 Å². The topological polar surface area (TPSA) is 102 Å². The lowest BCUT2D eigenvalue weighted by molar-refractivity contribution is -0.384. The molecule has 3 aromatic carbocycles.